The van der Waals surface area contributed by atoms with E-state index in [2.05, 4.69) is 4.98 Å². The highest BCUT2D eigenvalue weighted by Gasteiger charge is 2.29. The number of halogens is 2. The summed E-state index contributed by atoms with van der Waals surface area (Å²) >= 11 is 0. The van der Waals surface area contributed by atoms with E-state index in [1.54, 1.807) is 26.8 Å². The monoisotopic (exact) mass is 446 g/mol. The average molecular weight is 446 g/mol. The van der Waals surface area contributed by atoms with Gasteiger partial charge < -0.3 is 15.0 Å². The van der Waals surface area contributed by atoms with Gasteiger partial charge in [0, 0.05) is 17.8 Å². The maximum Gasteiger partial charge on any atom is 0.420 e. The van der Waals surface area contributed by atoms with Crippen molar-refractivity contribution in [1.82, 2.24) is 14.1 Å². The molecule has 32 heavy (non-hydrogen) atoms. The maximum atomic E-state index is 15.0. The minimum Gasteiger partial charge on any atom is -0.443 e. The van der Waals surface area contributed by atoms with Gasteiger partial charge in [0.05, 0.1) is 17.7 Å². The molecule has 3 rings (SSSR count). The number of hydrogen-bond donors (Lipinski definition) is 1. The highest BCUT2D eigenvalue weighted by Crippen LogP contribution is 2.31. The predicted octanol–water partition coefficient (Wildman–Crippen LogP) is 4.48. The SMILES string of the molecule is CC(C)(C)Cc1c(F)cc(F)c2c1nc(Cn1cccc(N)c1=O)n2C(=O)OC(C)(C)C. The van der Waals surface area contributed by atoms with E-state index in [0.717, 1.165) is 10.6 Å². The number of benzene rings is 1. The van der Waals surface area contributed by atoms with Gasteiger partial charge in [0.1, 0.15) is 22.8 Å². The van der Waals surface area contributed by atoms with Gasteiger partial charge in [-0.05, 0) is 44.7 Å². The number of imidazole rings is 1. The summed E-state index contributed by atoms with van der Waals surface area (Å²) in [6, 6.07) is 3.77. The molecule has 0 spiro atoms. The molecule has 2 N–H and O–H groups in total. The molecule has 0 unspecified atom stereocenters. The van der Waals surface area contributed by atoms with Crippen molar-refractivity contribution in [3.63, 3.8) is 0 Å². The first kappa shape index (κ1) is 23.4. The first-order chi connectivity index (χ1) is 14.7. The van der Waals surface area contributed by atoms with Gasteiger partial charge >= 0.3 is 6.09 Å². The number of anilines is 1. The van der Waals surface area contributed by atoms with E-state index in [1.165, 1.54) is 16.8 Å². The van der Waals surface area contributed by atoms with Crippen LogP contribution >= 0.6 is 0 Å². The summed E-state index contributed by atoms with van der Waals surface area (Å²) in [6.45, 7) is 10.6. The van der Waals surface area contributed by atoms with Crippen LogP contribution in [0.1, 0.15) is 52.9 Å². The fourth-order valence-electron chi connectivity index (χ4n) is 3.42. The Balaban J connectivity index is 2.31. The zero-order valence-corrected chi connectivity index (χ0v) is 19.1. The third-order valence-corrected chi connectivity index (χ3v) is 4.65. The van der Waals surface area contributed by atoms with Gasteiger partial charge in [-0.2, -0.15) is 0 Å². The Morgan fingerprint density at radius 1 is 1.16 bits per heavy atom. The summed E-state index contributed by atoms with van der Waals surface area (Å²) in [5, 5.41) is 0. The Morgan fingerprint density at radius 3 is 2.41 bits per heavy atom. The fourth-order valence-corrected chi connectivity index (χ4v) is 3.42. The number of pyridine rings is 1. The number of carbonyl (C=O) groups is 1. The summed E-state index contributed by atoms with van der Waals surface area (Å²) in [6.07, 6.45) is 0.863. The molecule has 0 saturated carbocycles. The van der Waals surface area contributed by atoms with E-state index in [4.69, 9.17) is 10.5 Å². The quantitative estimate of drug-likeness (QED) is 0.641. The van der Waals surface area contributed by atoms with Gasteiger partial charge in [-0.15, -0.1) is 0 Å². The van der Waals surface area contributed by atoms with Crippen LogP contribution in [0.4, 0.5) is 19.3 Å². The summed E-state index contributed by atoms with van der Waals surface area (Å²) in [5.74, 6) is -1.66. The second-order valence-corrected chi connectivity index (χ2v) is 9.99. The van der Waals surface area contributed by atoms with E-state index in [0.29, 0.717) is 0 Å². The molecule has 172 valence electrons. The van der Waals surface area contributed by atoms with Crippen LogP contribution < -0.4 is 11.3 Å². The Bertz CT molecular complexity index is 1250. The van der Waals surface area contributed by atoms with Gasteiger partial charge in [0.15, 0.2) is 5.82 Å². The number of aromatic nitrogens is 3. The molecule has 2 aromatic heterocycles. The molecule has 0 aliphatic carbocycles. The molecule has 7 nitrogen and oxygen atoms in total. The van der Waals surface area contributed by atoms with E-state index in [9.17, 15) is 14.0 Å². The standard InChI is InChI=1S/C23H28F2N4O3/c1-22(2,3)11-13-14(24)10-15(25)19-18(13)27-17(29(19)21(31)32-23(4,5)6)12-28-9-7-8-16(26)20(28)30/h7-10H,11-12,26H2,1-6H3. The second-order valence-electron chi connectivity index (χ2n) is 9.99. The Kier molecular flexibility index (Phi) is 5.88. The topological polar surface area (TPSA) is 92.1 Å². The van der Waals surface area contributed by atoms with Crippen LogP contribution in [0.25, 0.3) is 11.0 Å². The van der Waals surface area contributed by atoms with Crippen LogP contribution in [0, 0.1) is 17.0 Å². The second kappa shape index (κ2) is 8.03. The molecule has 1 aromatic carbocycles. The number of nitrogen functional groups attached to an aromatic ring is 1. The molecule has 0 amide bonds. The van der Waals surface area contributed by atoms with Crippen LogP contribution in [-0.4, -0.2) is 25.8 Å². The normalized spacial score (nSPS) is 12.4. The lowest BCUT2D eigenvalue weighted by atomic mass is 9.87. The molecule has 0 aliphatic rings. The van der Waals surface area contributed by atoms with E-state index in [1.807, 2.05) is 20.8 Å². The summed E-state index contributed by atoms with van der Waals surface area (Å²) in [4.78, 5) is 29.9. The zero-order chi connectivity index (χ0) is 24.0. The number of ether oxygens (including phenoxy) is 1. The zero-order valence-electron chi connectivity index (χ0n) is 19.1. The van der Waals surface area contributed by atoms with Crippen molar-refractivity contribution in [2.45, 2.75) is 60.1 Å². The van der Waals surface area contributed by atoms with Gasteiger partial charge in [0.25, 0.3) is 5.56 Å². The molecule has 0 saturated heterocycles. The minimum absolute atomic E-state index is 0.0121. The van der Waals surface area contributed by atoms with Crippen LogP contribution in [0.5, 0.6) is 0 Å². The van der Waals surface area contributed by atoms with Crippen LogP contribution in [0.3, 0.4) is 0 Å². The molecular weight excluding hydrogens is 418 g/mol. The molecule has 0 bridgehead atoms. The number of nitrogens with two attached hydrogens (primary N) is 1. The van der Waals surface area contributed by atoms with Crippen molar-refractivity contribution in [3.8, 4) is 0 Å². The lowest BCUT2D eigenvalue weighted by Gasteiger charge is -2.21. The Labute approximate surface area is 184 Å². The fraction of sp³-hybridized carbons (Fsp3) is 0.435. The number of rotatable bonds is 3. The van der Waals surface area contributed by atoms with Gasteiger partial charge in [-0.1, -0.05) is 20.8 Å². The molecule has 0 aliphatic heterocycles. The van der Waals surface area contributed by atoms with Gasteiger partial charge in [-0.3, -0.25) is 4.79 Å². The summed E-state index contributed by atoms with van der Waals surface area (Å²) in [7, 11) is 0. The number of carbonyl (C=O) groups excluding carboxylic acids is 1. The smallest absolute Gasteiger partial charge is 0.420 e. The van der Waals surface area contributed by atoms with Crippen molar-refractivity contribution >= 4 is 22.8 Å². The van der Waals surface area contributed by atoms with Crippen LogP contribution in [0.15, 0.2) is 29.2 Å². The average Bonchev–Trinajstić information content (AvgIpc) is 3.00. The molecule has 3 aromatic rings. The highest BCUT2D eigenvalue weighted by molar-refractivity contribution is 5.90. The largest absolute Gasteiger partial charge is 0.443 e. The highest BCUT2D eigenvalue weighted by atomic mass is 19.1. The summed E-state index contributed by atoms with van der Waals surface area (Å²) < 4.78 is 37.5. The molecule has 0 atom stereocenters. The number of fused-ring (bicyclic) bond motifs is 1. The number of nitrogens with zero attached hydrogens (tertiary/aromatic N) is 3. The van der Waals surface area contributed by atoms with Crippen LogP contribution in [-0.2, 0) is 17.7 Å². The minimum atomic E-state index is -0.945. The summed E-state index contributed by atoms with van der Waals surface area (Å²) in [5.41, 5.74) is 4.06. The lowest BCUT2D eigenvalue weighted by Crippen LogP contribution is -2.30. The van der Waals surface area contributed by atoms with E-state index >= 15 is 4.39 Å². The third kappa shape index (κ3) is 4.81. The van der Waals surface area contributed by atoms with Crippen LogP contribution in [0.2, 0.25) is 0 Å². The van der Waals surface area contributed by atoms with Gasteiger partial charge in [-0.25, -0.2) is 23.1 Å². The Hall–Kier alpha value is -3.23. The predicted molar refractivity (Wildman–Crippen MR) is 119 cm³/mol. The van der Waals surface area contributed by atoms with Crippen molar-refractivity contribution in [2.75, 3.05) is 5.73 Å². The maximum absolute atomic E-state index is 15.0. The molecule has 0 fully saturated rings. The Morgan fingerprint density at radius 2 is 1.81 bits per heavy atom. The molecular formula is C23H28F2N4O3. The first-order valence-electron chi connectivity index (χ1n) is 10.2. The van der Waals surface area contributed by atoms with E-state index in [-0.39, 0.29) is 46.5 Å². The molecule has 9 heteroatoms. The molecule has 2 heterocycles. The first-order valence-corrected chi connectivity index (χ1v) is 10.2. The number of hydrogen-bond acceptors (Lipinski definition) is 5. The van der Waals surface area contributed by atoms with Crippen molar-refractivity contribution in [3.05, 3.63) is 57.8 Å². The van der Waals surface area contributed by atoms with Crippen molar-refractivity contribution in [2.24, 2.45) is 5.41 Å². The van der Waals surface area contributed by atoms with Gasteiger partial charge in [0.2, 0.25) is 0 Å². The third-order valence-electron chi connectivity index (χ3n) is 4.65. The van der Waals surface area contributed by atoms with Crippen molar-refractivity contribution in [1.29, 1.82) is 0 Å². The lowest BCUT2D eigenvalue weighted by molar-refractivity contribution is 0.0537. The van der Waals surface area contributed by atoms with E-state index < -0.39 is 28.9 Å². The van der Waals surface area contributed by atoms with Crippen molar-refractivity contribution < 1.29 is 18.3 Å². The molecule has 0 radical (unpaired) electrons.